The van der Waals surface area contributed by atoms with E-state index in [1.54, 1.807) is 12.4 Å². The maximum absolute atomic E-state index is 12.7. The highest BCUT2D eigenvalue weighted by molar-refractivity contribution is 7.99. The van der Waals surface area contributed by atoms with Crippen LogP contribution in [0.1, 0.15) is 24.0 Å². The van der Waals surface area contributed by atoms with Crippen molar-refractivity contribution in [3.8, 4) is 17.1 Å². The van der Waals surface area contributed by atoms with Crippen molar-refractivity contribution in [2.24, 2.45) is 0 Å². The molecule has 2 aromatic heterocycles. The van der Waals surface area contributed by atoms with Crippen molar-refractivity contribution in [1.82, 2.24) is 24.6 Å². The first kappa shape index (κ1) is 23.3. The first-order chi connectivity index (χ1) is 17.2. The Morgan fingerprint density at radius 1 is 1.00 bits per heavy atom. The number of rotatable bonds is 8. The molecule has 0 unspecified atom stereocenters. The maximum Gasteiger partial charge on any atom is 0.234 e. The van der Waals surface area contributed by atoms with Crippen molar-refractivity contribution >= 4 is 23.4 Å². The number of pyridine rings is 1. The number of likely N-dealkylation sites (tertiary alicyclic amines) is 1. The number of carbonyl (C=O) groups excluding carboxylic acids is 1. The van der Waals surface area contributed by atoms with Crippen molar-refractivity contribution in [2.45, 2.75) is 31.5 Å². The minimum Gasteiger partial charge on any atom is -0.325 e. The fourth-order valence-corrected chi connectivity index (χ4v) is 5.04. The van der Waals surface area contributed by atoms with E-state index in [-0.39, 0.29) is 11.7 Å². The van der Waals surface area contributed by atoms with Gasteiger partial charge in [0, 0.05) is 30.2 Å². The van der Waals surface area contributed by atoms with Crippen LogP contribution in [0.2, 0.25) is 0 Å². The van der Waals surface area contributed by atoms with Gasteiger partial charge in [-0.25, -0.2) is 0 Å². The van der Waals surface area contributed by atoms with E-state index in [2.05, 4.69) is 50.5 Å². The molecule has 7 nitrogen and oxygen atoms in total. The number of nitrogens with zero attached hydrogens (tertiary/aromatic N) is 5. The summed E-state index contributed by atoms with van der Waals surface area (Å²) in [7, 11) is 0. The van der Waals surface area contributed by atoms with Crippen molar-refractivity contribution in [3.05, 3.63) is 84.2 Å². The van der Waals surface area contributed by atoms with Crippen LogP contribution in [0.4, 0.5) is 5.69 Å². The number of nitrogens with one attached hydrogen (secondary N) is 1. The third-order valence-corrected chi connectivity index (χ3v) is 7.01. The average molecular weight is 485 g/mol. The summed E-state index contributed by atoms with van der Waals surface area (Å²) in [5, 5.41) is 12.5. The Morgan fingerprint density at radius 2 is 1.80 bits per heavy atom. The fraction of sp³-hybridized carbons (Fsp3) is 0.259. The summed E-state index contributed by atoms with van der Waals surface area (Å²) in [5.41, 5.74) is 5.02. The predicted molar refractivity (Wildman–Crippen MR) is 140 cm³/mol. The number of aryl methyl sites for hydroxylation is 1. The molecule has 2 aromatic carbocycles. The Labute approximate surface area is 209 Å². The van der Waals surface area contributed by atoms with Crippen LogP contribution < -0.4 is 5.32 Å². The standard InChI is InChI=1S/C27H28N6OS/c1-20-7-2-3-9-24(20)33-26(22-8-6-14-28-17-22)30-31-27(33)35-19-25(34)29-23-12-10-21(11-13-23)18-32-15-4-5-16-32/h2-3,6-14,17H,4-5,15-16,18-19H2,1H3,(H,29,34). The Kier molecular flexibility index (Phi) is 7.20. The van der Waals surface area contributed by atoms with Crippen LogP contribution in [0.5, 0.6) is 0 Å². The molecule has 35 heavy (non-hydrogen) atoms. The molecular weight excluding hydrogens is 456 g/mol. The number of thioether (sulfide) groups is 1. The van der Waals surface area contributed by atoms with Gasteiger partial charge in [0.2, 0.25) is 5.91 Å². The molecule has 0 saturated carbocycles. The molecule has 8 heteroatoms. The molecule has 4 aromatic rings. The molecule has 3 heterocycles. The van der Waals surface area contributed by atoms with Gasteiger partial charge in [0.25, 0.3) is 0 Å². The van der Waals surface area contributed by atoms with E-state index in [0.29, 0.717) is 11.0 Å². The Morgan fingerprint density at radius 3 is 2.54 bits per heavy atom. The van der Waals surface area contributed by atoms with Crippen LogP contribution in [0, 0.1) is 6.92 Å². The van der Waals surface area contributed by atoms with Gasteiger partial charge in [-0.1, -0.05) is 42.1 Å². The van der Waals surface area contributed by atoms with E-state index in [9.17, 15) is 4.79 Å². The summed E-state index contributed by atoms with van der Waals surface area (Å²) >= 11 is 1.37. The number of anilines is 1. The third kappa shape index (κ3) is 5.61. The summed E-state index contributed by atoms with van der Waals surface area (Å²) < 4.78 is 2.00. The number of hydrogen-bond donors (Lipinski definition) is 1. The van der Waals surface area contributed by atoms with E-state index in [1.165, 1.54) is 43.3 Å². The van der Waals surface area contributed by atoms with Crippen LogP contribution in [-0.4, -0.2) is 49.4 Å². The Bertz CT molecular complexity index is 1280. The molecule has 0 spiro atoms. The lowest BCUT2D eigenvalue weighted by molar-refractivity contribution is -0.113. The molecule has 1 N–H and O–H groups in total. The Hall–Kier alpha value is -3.49. The molecule has 0 radical (unpaired) electrons. The van der Waals surface area contributed by atoms with Gasteiger partial charge in [-0.3, -0.25) is 19.2 Å². The average Bonchev–Trinajstić information content (AvgIpc) is 3.55. The second-order valence-corrected chi connectivity index (χ2v) is 9.63. The molecular formula is C27H28N6OS. The topological polar surface area (TPSA) is 75.9 Å². The van der Waals surface area contributed by atoms with E-state index in [1.807, 2.05) is 47.0 Å². The summed E-state index contributed by atoms with van der Waals surface area (Å²) in [4.78, 5) is 19.4. The van der Waals surface area contributed by atoms with E-state index in [0.717, 1.165) is 29.0 Å². The van der Waals surface area contributed by atoms with E-state index < -0.39 is 0 Å². The van der Waals surface area contributed by atoms with Crippen LogP contribution in [0.15, 0.2) is 78.2 Å². The predicted octanol–water partition coefficient (Wildman–Crippen LogP) is 4.96. The number of benzene rings is 2. The monoisotopic (exact) mass is 484 g/mol. The molecule has 1 fully saturated rings. The lowest BCUT2D eigenvalue weighted by atomic mass is 10.2. The Balaban J connectivity index is 1.28. The number of aromatic nitrogens is 4. The van der Waals surface area contributed by atoms with Crippen molar-refractivity contribution < 1.29 is 4.79 Å². The van der Waals surface area contributed by atoms with Crippen molar-refractivity contribution in [2.75, 3.05) is 24.2 Å². The number of para-hydroxylation sites is 1. The summed E-state index contributed by atoms with van der Waals surface area (Å²) in [6, 6.07) is 20.1. The first-order valence-corrected chi connectivity index (χ1v) is 12.8. The molecule has 1 amide bonds. The number of hydrogen-bond acceptors (Lipinski definition) is 6. The molecule has 1 saturated heterocycles. The molecule has 0 bridgehead atoms. The summed E-state index contributed by atoms with van der Waals surface area (Å²) in [5.74, 6) is 0.848. The second-order valence-electron chi connectivity index (χ2n) is 8.69. The molecule has 1 aliphatic heterocycles. The maximum atomic E-state index is 12.7. The molecule has 0 atom stereocenters. The van der Waals surface area contributed by atoms with E-state index >= 15 is 0 Å². The van der Waals surface area contributed by atoms with Crippen LogP contribution in [0.25, 0.3) is 17.1 Å². The smallest absolute Gasteiger partial charge is 0.234 e. The quantitative estimate of drug-likeness (QED) is 0.356. The highest BCUT2D eigenvalue weighted by Crippen LogP contribution is 2.29. The lowest BCUT2D eigenvalue weighted by Crippen LogP contribution is -2.18. The number of amides is 1. The largest absolute Gasteiger partial charge is 0.325 e. The summed E-state index contributed by atoms with van der Waals surface area (Å²) in [6.45, 7) is 5.37. The zero-order chi connectivity index (χ0) is 24.0. The minimum absolute atomic E-state index is 0.0791. The van der Waals surface area contributed by atoms with Gasteiger partial charge in [0.05, 0.1) is 11.4 Å². The molecule has 0 aliphatic carbocycles. The van der Waals surface area contributed by atoms with Gasteiger partial charge in [-0.15, -0.1) is 10.2 Å². The second kappa shape index (κ2) is 10.8. The summed E-state index contributed by atoms with van der Waals surface area (Å²) in [6.07, 6.45) is 6.07. The van der Waals surface area contributed by atoms with Crippen LogP contribution in [0.3, 0.4) is 0 Å². The normalized spacial score (nSPS) is 13.7. The molecule has 178 valence electrons. The van der Waals surface area contributed by atoms with Gasteiger partial charge in [0.15, 0.2) is 11.0 Å². The highest BCUT2D eigenvalue weighted by atomic mass is 32.2. The van der Waals surface area contributed by atoms with Gasteiger partial charge < -0.3 is 5.32 Å². The zero-order valence-corrected chi connectivity index (χ0v) is 20.5. The molecule has 1 aliphatic rings. The minimum atomic E-state index is -0.0791. The first-order valence-electron chi connectivity index (χ1n) is 11.8. The van der Waals surface area contributed by atoms with Gasteiger partial charge >= 0.3 is 0 Å². The van der Waals surface area contributed by atoms with Crippen molar-refractivity contribution in [1.29, 1.82) is 0 Å². The van der Waals surface area contributed by atoms with Crippen molar-refractivity contribution in [3.63, 3.8) is 0 Å². The number of carbonyl (C=O) groups is 1. The van der Waals surface area contributed by atoms with Crippen LogP contribution in [-0.2, 0) is 11.3 Å². The van der Waals surface area contributed by atoms with Gasteiger partial charge in [-0.05, 0) is 74.3 Å². The van der Waals surface area contributed by atoms with E-state index in [4.69, 9.17) is 0 Å². The van der Waals surface area contributed by atoms with Crippen LogP contribution >= 0.6 is 11.8 Å². The SMILES string of the molecule is Cc1ccccc1-n1c(SCC(=O)Nc2ccc(CN3CCCC3)cc2)nnc1-c1cccnc1. The molecule has 5 rings (SSSR count). The third-order valence-electron chi connectivity index (χ3n) is 6.08. The van der Waals surface area contributed by atoms with Gasteiger partial charge in [0.1, 0.15) is 0 Å². The lowest BCUT2D eigenvalue weighted by Gasteiger charge is -2.15. The highest BCUT2D eigenvalue weighted by Gasteiger charge is 2.19. The zero-order valence-electron chi connectivity index (χ0n) is 19.7. The van der Waals surface area contributed by atoms with Gasteiger partial charge in [-0.2, -0.15) is 0 Å². The fourth-order valence-electron chi connectivity index (χ4n) is 4.30.